The number of hydrogen-bond donors (Lipinski definition) is 1. The zero-order chi connectivity index (χ0) is 24.2. The van der Waals surface area contributed by atoms with Crippen LogP contribution in [0.3, 0.4) is 0 Å². The highest BCUT2D eigenvalue weighted by Crippen LogP contribution is 2.33. The molecule has 0 fully saturated rings. The molecule has 1 N–H and O–H groups in total. The summed E-state index contributed by atoms with van der Waals surface area (Å²) in [6.45, 7) is 1.90. The smallest absolute Gasteiger partial charge is 0.271 e. The number of ether oxygens (including phenoxy) is 1. The van der Waals surface area contributed by atoms with Crippen LogP contribution >= 0.6 is 23.4 Å². The maximum Gasteiger partial charge on any atom is 0.271 e. The summed E-state index contributed by atoms with van der Waals surface area (Å²) in [4.78, 5) is 28.1. The Balaban J connectivity index is 1.62. The number of benzene rings is 3. The lowest BCUT2D eigenvalue weighted by atomic mass is 10.1. The average molecular weight is 497 g/mol. The molecule has 0 unspecified atom stereocenters. The number of para-hydroxylation sites is 2. The van der Waals surface area contributed by atoms with Crippen LogP contribution in [0.1, 0.15) is 18.5 Å². The number of aromatic nitrogens is 2. The minimum absolute atomic E-state index is 0.0525. The number of carbonyl (C=O) groups is 1. The van der Waals surface area contributed by atoms with Gasteiger partial charge in [0.2, 0.25) is 5.91 Å². The van der Waals surface area contributed by atoms with Crippen molar-refractivity contribution in [2.24, 2.45) is 0 Å². The van der Waals surface area contributed by atoms with Gasteiger partial charge in [0.05, 0.1) is 40.5 Å². The first-order chi connectivity index (χ1) is 16.4. The van der Waals surface area contributed by atoms with Gasteiger partial charge in [0.1, 0.15) is 5.75 Å². The van der Waals surface area contributed by atoms with E-state index >= 15 is 0 Å². The highest BCUT2D eigenvalue weighted by molar-refractivity contribution is 7.99. The number of halogens is 1. The van der Waals surface area contributed by atoms with Crippen LogP contribution < -0.4 is 10.1 Å². The topological polar surface area (TPSA) is 99.3 Å². The largest absolute Gasteiger partial charge is 0.495 e. The Hall–Kier alpha value is -3.56. The van der Waals surface area contributed by atoms with Crippen LogP contribution in [0.25, 0.3) is 16.7 Å². The van der Waals surface area contributed by atoms with E-state index in [4.69, 9.17) is 16.3 Å². The second kappa shape index (κ2) is 10.1. The maximum atomic E-state index is 12.7. The SMILES string of the molecule is COc1ccccc1-n1c(SCC(=O)N[C@H](C)c2ccc(Cl)cc2)nc2cc([N+](=O)[O-])ccc21. The molecule has 0 radical (unpaired) electrons. The number of rotatable bonds is 8. The Bertz CT molecular complexity index is 1360. The molecular formula is C24H21ClN4O4S. The van der Waals surface area contributed by atoms with Crippen LogP contribution in [0.15, 0.2) is 71.9 Å². The number of nitro benzene ring substituents is 1. The van der Waals surface area contributed by atoms with E-state index in [0.29, 0.717) is 27.0 Å². The summed E-state index contributed by atoms with van der Waals surface area (Å²) in [5.41, 5.74) is 2.74. The predicted molar refractivity (Wildman–Crippen MR) is 133 cm³/mol. The molecule has 8 nitrogen and oxygen atoms in total. The third-order valence-corrected chi connectivity index (χ3v) is 6.41. The second-order valence-corrected chi connectivity index (χ2v) is 8.84. The number of hydrogen-bond acceptors (Lipinski definition) is 6. The van der Waals surface area contributed by atoms with Gasteiger partial charge in [-0.1, -0.05) is 47.6 Å². The number of non-ortho nitro benzene ring substituents is 1. The Morgan fingerprint density at radius 1 is 1.21 bits per heavy atom. The third-order valence-electron chi connectivity index (χ3n) is 5.22. The van der Waals surface area contributed by atoms with Crippen molar-refractivity contribution >= 4 is 46.0 Å². The molecule has 0 aliphatic rings. The van der Waals surface area contributed by atoms with Gasteiger partial charge in [-0.3, -0.25) is 19.5 Å². The summed E-state index contributed by atoms with van der Waals surface area (Å²) in [5, 5.41) is 15.4. The summed E-state index contributed by atoms with van der Waals surface area (Å²) in [7, 11) is 1.57. The van der Waals surface area contributed by atoms with Crippen LogP contribution in [-0.4, -0.2) is 33.2 Å². The predicted octanol–water partition coefficient (Wildman–Crippen LogP) is 5.57. The van der Waals surface area contributed by atoms with E-state index in [1.54, 1.807) is 25.3 Å². The Kier molecular flexibility index (Phi) is 7.04. The van der Waals surface area contributed by atoms with Gasteiger partial charge in [-0.05, 0) is 42.8 Å². The Labute approximate surface area is 205 Å². The first-order valence-corrected chi connectivity index (χ1v) is 11.7. The highest BCUT2D eigenvalue weighted by Gasteiger charge is 2.20. The monoisotopic (exact) mass is 496 g/mol. The first-order valence-electron chi connectivity index (χ1n) is 10.4. The van der Waals surface area contributed by atoms with Crippen molar-refractivity contribution in [3.63, 3.8) is 0 Å². The van der Waals surface area contributed by atoms with Crippen LogP contribution in [0.4, 0.5) is 5.69 Å². The Morgan fingerprint density at radius 3 is 2.65 bits per heavy atom. The van der Waals surface area contributed by atoms with Crippen LogP contribution in [0, 0.1) is 10.1 Å². The van der Waals surface area contributed by atoms with E-state index in [-0.39, 0.29) is 23.4 Å². The minimum atomic E-state index is -0.458. The molecule has 1 heterocycles. The normalized spacial score (nSPS) is 11.9. The zero-order valence-corrected chi connectivity index (χ0v) is 20.0. The van der Waals surface area contributed by atoms with Crippen LogP contribution in [-0.2, 0) is 4.79 Å². The molecule has 4 rings (SSSR count). The van der Waals surface area contributed by atoms with E-state index in [1.165, 1.54) is 23.9 Å². The summed E-state index contributed by atoms with van der Waals surface area (Å²) >= 11 is 7.18. The van der Waals surface area contributed by atoms with Crippen molar-refractivity contribution in [1.82, 2.24) is 14.9 Å². The van der Waals surface area contributed by atoms with E-state index in [9.17, 15) is 14.9 Å². The fourth-order valence-electron chi connectivity index (χ4n) is 3.55. The number of nitrogens with one attached hydrogen (secondary N) is 1. The third kappa shape index (κ3) is 5.00. The van der Waals surface area contributed by atoms with Gasteiger partial charge >= 0.3 is 0 Å². The molecule has 0 bridgehead atoms. The van der Waals surface area contributed by atoms with Gasteiger partial charge in [0.15, 0.2) is 5.16 Å². The van der Waals surface area contributed by atoms with Crippen molar-refractivity contribution < 1.29 is 14.5 Å². The van der Waals surface area contributed by atoms with Crippen molar-refractivity contribution in [3.05, 3.63) is 87.4 Å². The lowest BCUT2D eigenvalue weighted by Crippen LogP contribution is -2.28. The second-order valence-electron chi connectivity index (χ2n) is 7.46. The quantitative estimate of drug-likeness (QED) is 0.194. The number of nitro groups is 1. The standard InChI is InChI=1S/C24H21ClN4O4S/c1-15(16-7-9-17(25)10-8-16)26-23(30)14-34-24-27-19-13-18(29(31)32)11-12-20(19)28(24)21-5-3-4-6-22(21)33-2/h3-13,15H,14H2,1-2H3,(H,26,30)/t15-/m1/s1. The summed E-state index contributed by atoms with van der Waals surface area (Å²) in [5.74, 6) is 0.554. The molecule has 0 aliphatic heterocycles. The van der Waals surface area contributed by atoms with Crippen LogP contribution in [0.5, 0.6) is 5.75 Å². The molecular weight excluding hydrogens is 476 g/mol. The summed E-state index contributed by atoms with van der Waals surface area (Å²) in [6.07, 6.45) is 0. The fraction of sp³-hybridized carbons (Fsp3) is 0.167. The Morgan fingerprint density at radius 2 is 1.94 bits per heavy atom. The number of imidazole rings is 1. The zero-order valence-electron chi connectivity index (χ0n) is 18.4. The number of fused-ring (bicyclic) bond motifs is 1. The van der Waals surface area contributed by atoms with Gasteiger partial charge in [0.25, 0.3) is 5.69 Å². The molecule has 10 heteroatoms. The molecule has 1 amide bonds. The van der Waals surface area contributed by atoms with E-state index < -0.39 is 4.92 Å². The molecule has 0 saturated heterocycles. The summed E-state index contributed by atoms with van der Waals surface area (Å²) < 4.78 is 7.36. The van der Waals surface area contributed by atoms with Gasteiger partial charge < -0.3 is 10.1 Å². The molecule has 1 aromatic heterocycles. The van der Waals surface area contributed by atoms with Crippen molar-refractivity contribution in [2.75, 3.05) is 12.9 Å². The summed E-state index contributed by atoms with van der Waals surface area (Å²) in [6, 6.07) is 19.0. The maximum absolute atomic E-state index is 12.7. The van der Waals surface area contributed by atoms with E-state index in [2.05, 4.69) is 10.3 Å². The number of methoxy groups -OCH3 is 1. The molecule has 0 saturated carbocycles. The van der Waals surface area contributed by atoms with Crippen molar-refractivity contribution in [3.8, 4) is 11.4 Å². The number of carbonyl (C=O) groups excluding carboxylic acids is 1. The fourth-order valence-corrected chi connectivity index (χ4v) is 4.51. The molecule has 1 atom stereocenters. The van der Waals surface area contributed by atoms with Crippen LogP contribution in [0.2, 0.25) is 5.02 Å². The molecule has 34 heavy (non-hydrogen) atoms. The van der Waals surface area contributed by atoms with Gasteiger partial charge in [0, 0.05) is 17.2 Å². The van der Waals surface area contributed by atoms with Gasteiger partial charge in [-0.15, -0.1) is 0 Å². The molecule has 0 spiro atoms. The minimum Gasteiger partial charge on any atom is -0.495 e. The van der Waals surface area contributed by atoms with Crippen molar-refractivity contribution in [1.29, 1.82) is 0 Å². The lowest BCUT2D eigenvalue weighted by molar-refractivity contribution is -0.384. The molecule has 4 aromatic rings. The molecule has 0 aliphatic carbocycles. The highest BCUT2D eigenvalue weighted by atomic mass is 35.5. The van der Waals surface area contributed by atoms with E-state index in [0.717, 1.165) is 11.3 Å². The van der Waals surface area contributed by atoms with E-state index in [1.807, 2.05) is 47.9 Å². The average Bonchev–Trinajstić information content (AvgIpc) is 3.20. The molecule has 3 aromatic carbocycles. The number of amides is 1. The van der Waals surface area contributed by atoms with Gasteiger partial charge in [-0.2, -0.15) is 0 Å². The van der Waals surface area contributed by atoms with Gasteiger partial charge in [-0.25, -0.2) is 4.98 Å². The van der Waals surface area contributed by atoms with Crippen molar-refractivity contribution in [2.45, 2.75) is 18.1 Å². The number of thioether (sulfide) groups is 1. The first kappa shape index (κ1) is 23.6. The number of nitrogens with zero attached hydrogens (tertiary/aromatic N) is 3. The molecule has 174 valence electrons. The lowest BCUT2D eigenvalue weighted by Gasteiger charge is -2.15.